The number of carboxylic acids is 1. The predicted molar refractivity (Wildman–Crippen MR) is 489 cm³/mol. The SMILES string of the molecule is CC[C@H](C)[C@H](NC(=O)[C@H](CCCCN)NC(=O)[C@H](CC(C)C)NC(=O)[C@H](Cc1ccc(O)cc1)NC(=O)[C@H](Cc1ccc(O)cc1)NC(=O)[C@@H](N)CCCN=C(N)N)C(=O)N[C@@H](CCCN=C(N)N)C(=O)N[C@@H](CO)C(=O)N[C@H](C(=O)N[C@H](C(=O)N[C@@H](C)C(=O)N[C@@H](CC(C)C)C(=O)N[C@@H](CCC(N)=O)C(=O)N[C@@H](CC(C)C)C(=O)N[C@H](C(=O)O)[C@@H](C)O)[C@@H](C)CC)[C@@H](C)CC. The van der Waals surface area contributed by atoms with Crippen molar-refractivity contribution in [2.75, 3.05) is 26.2 Å². The predicted octanol–water partition coefficient (Wildman–Crippen LogP) is -3.75. The highest BCUT2D eigenvalue weighted by Gasteiger charge is 2.41. The summed E-state index contributed by atoms with van der Waals surface area (Å²) in [5.41, 5.74) is 40.7. The van der Waals surface area contributed by atoms with Crippen LogP contribution in [0.5, 0.6) is 11.5 Å². The highest BCUT2D eigenvalue weighted by atomic mass is 16.4. The number of aliphatic imine (C=N–C) groups is 2. The number of guanidine groups is 2. The molecule has 0 radical (unpaired) electrons. The fourth-order valence-electron chi connectivity index (χ4n) is 13.5. The molecule has 2 aromatic carbocycles. The molecule has 0 heterocycles. The summed E-state index contributed by atoms with van der Waals surface area (Å²) in [7, 11) is 0. The Morgan fingerprint density at radius 2 is 0.649 bits per heavy atom. The quantitative estimate of drug-likeness (QED) is 0.0172. The first-order valence-electron chi connectivity index (χ1n) is 44.7. The zero-order valence-corrected chi connectivity index (χ0v) is 77.9. The van der Waals surface area contributed by atoms with Crippen molar-refractivity contribution in [1.82, 2.24) is 74.4 Å². The van der Waals surface area contributed by atoms with Gasteiger partial charge in [-0.05, 0) is 162 Å². The molecular weight excluding hydrogens is 1700 g/mol. The molecule has 0 aliphatic heterocycles. The number of rotatable bonds is 62. The minimum absolute atomic E-state index is 0.0154. The Bertz CT molecular complexity index is 4110. The Morgan fingerprint density at radius 3 is 1.02 bits per heavy atom. The third kappa shape index (κ3) is 43.0. The van der Waals surface area contributed by atoms with E-state index in [0.29, 0.717) is 24.0 Å². The van der Waals surface area contributed by atoms with Crippen LogP contribution in [-0.4, -0.2) is 255 Å². The van der Waals surface area contributed by atoms with E-state index in [1.54, 1.807) is 83.1 Å². The zero-order chi connectivity index (χ0) is 99.2. The molecule has 0 spiro atoms. The maximum absolute atomic E-state index is 14.9. The number of benzene rings is 2. The van der Waals surface area contributed by atoms with Crippen LogP contribution in [0.15, 0.2) is 58.5 Å². The van der Waals surface area contributed by atoms with Crippen LogP contribution in [-0.2, 0) is 89.6 Å². The summed E-state index contributed by atoms with van der Waals surface area (Å²) in [6.45, 7) is 22.0. The number of aromatic hydroxyl groups is 2. The first-order chi connectivity index (χ1) is 61.5. The minimum atomic E-state index is -1.83. The van der Waals surface area contributed by atoms with E-state index in [-0.39, 0.29) is 151 Å². The van der Waals surface area contributed by atoms with Crippen molar-refractivity contribution in [3.63, 3.8) is 0 Å². The van der Waals surface area contributed by atoms with E-state index < -0.39 is 222 Å². The van der Waals surface area contributed by atoms with Crippen LogP contribution in [0.25, 0.3) is 0 Å². The number of carboxylic acid groups (broad SMARTS) is 1. The molecule has 44 heteroatoms. The monoisotopic (exact) mass is 1850 g/mol. The number of hydrogen-bond donors (Lipinski definition) is 26. The van der Waals surface area contributed by atoms with Crippen LogP contribution in [0, 0.1) is 35.5 Å². The highest BCUT2D eigenvalue weighted by molar-refractivity contribution is 6.01. The van der Waals surface area contributed by atoms with Gasteiger partial charge in [-0.15, -0.1) is 0 Å². The van der Waals surface area contributed by atoms with Gasteiger partial charge in [0.2, 0.25) is 88.6 Å². The summed E-state index contributed by atoms with van der Waals surface area (Å²) >= 11 is 0. The van der Waals surface area contributed by atoms with Crippen molar-refractivity contribution in [2.45, 2.75) is 303 Å². The number of phenolic OH excluding ortho intramolecular Hbond substituents is 2. The molecule has 2 rings (SSSR count). The normalized spacial score (nSPS) is 15.6. The number of phenols is 2. The summed E-state index contributed by atoms with van der Waals surface area (Å²) < 4.78 is 0. The first-order valence-corrected chi connectivity index (χ1v) is 44.7. The minimum Gasteiger partial charge on any atom is -0.508 e. The first kappa shape index (κ1) is 115. The van der Waals surface area contributed by atoms with Crippen LogP contribution >= 0.6 is 0 Å². The number of hydrogen-bond acceptors (Lipinski definition) is 24. The van der Waals surface area contributed by atoms with Gasteiger partial charge in [-0.3, -0.25) is 81.9 Å². The average molecular weight is 1850 g/mol. The number of nitrogens with two attached hydrogens (primary N) is 7. The van der Waals surface area contributed by atoms with Crippen LogP contribution in [0.2, 0.25) is 0 Å². The van der Waals surface area contributed by atoms with E-state index in [0.717, 1.165) is 6.92 Å². The van der Waals surface area contributed by atoms with E-state index in [4.69, 9.17) is 40.1 Å². The van der Waals surface area contributed by atoms with Gasteiger partial charge in [-0.1, -0.05) is 127 Å². The number of primary amides is 1. The molecule has 0 aromatic heterocycles. The fraction of sp³-hybridized carbons (Fsp3) is 0.655. The number of carbonyl (C=O) groups excluding carboxylic acids is 15. The van der Waals surface area contributed by atoms with E-state index in [1.807, 2.05) is 0 Å². The molecule has 0 aliphatic rings. The Labute approximate surface area is 765 Å². The molecule has 131 heavy (non-hydrogen) atoms. The van der Waals surface area contributed by atoms with Gasteiger partial charge in [0.15, 0.2) is 18.0 Å². The Kier molecular flexibility index (Phi) is 52.0. The van der Waals surface area contributed by atoms with Crippen LogP contribution < -0.4 is 115 Å². The average Bonchev–Trinajstić information content (AvgIpc) is 0.843. The summed E-state index contributed by atoms with van der Waals surface area (Å²) in [4.78, 5) is 233. The van der Waals surface area contributed by atoms with Crippen molar-refractivity contribution >= 4 is 106 Å². The Morgan fingerprint density at radius 1 is 0.351 bits per heavy atom. The number of aliphatic hydroxyl groups is 2. The largest absolute Gasteiger partial charge is 0.508 e. The lowest BCUT2D eigenvalue weighted by molar-refractivity contribution is -0.145. The third-order valence-electron chi connectivity index (χ3n) is 21.8. The molecule has 0 saturated heterocycles. The molecule has 33 N–H and O–H groups in total. The van der Waals surface area contributed by atoms with Gasteiger partial charge in [0.05, 0.1) is 18.8 Å². The van der Waals surface area contributed by atoms with E-state index in [9.17, 15) is 102 Å². The second kappa shape index (κ2) is 59.3. The van der Waals surface area contributed by atoms with Gasteiger partial charge in [0.25, 0.3) is 0 Å². The number of amides is 15. The maximum Gasteiger partial charge on any atom is 0.328 e. The second-order valence-corrected chi connectivity index (χ2v) is 34.6. The number of unbranched alkanes of at least 4 members (excludes halogenated alkanes) is 1. The molecule has 0 unspecified atom stereocenters. The molecule has 19 atom stereocenters. The van der Waals surface area contributed by atoms with Crippen LogP contribution in [0.3, 0.4) is 0 Å². The van der Waals surface area contributed by atoms with E-state index in [2.05, 4.69) is 84.4 Å². The fourth-order valence-corrected chi connectivity index (χ4v) is 13.5. The van der Waals surface area contributed by atoms with Crippen molar-refractivity contribution in [3.8, 4) is 11.5 Å². The lowest BCUT2D eigenvalue weighted by Gasteiger charge is -2.31. The molecular formula is C87H147N23O21. The lowest BCUT2D eigenvalue weighted by Crippen LogP contribution is -2.62. The maximum atomic E-state index is 14.9. The second-order valence-electron chi connectivity index (χ2n) is 34.6. The van der Waals surface area contributed by atoms with Gasteiger partial charge in [0, 0.05) is 32.4 Å². The molecule has 15 amide bonds. The molecule has 0 bridgehead atoms. The van der Waals surface area contributed by atoms with E-state index in [1.165, 1.54) is 55.5 Å². The highest BCUT2D eigenvalue weighted by Crippen LogP contribution is 2.20. The summed E-state index contributed by atoms with van der Waals surface area (Å²) in [6, 6.07) is -10.6. The number of nitrogens with one attached hydrogen (secondary N) is 14. The van der Waals surface area contributed by atoms with Gasteiger partial charge in [0.1, 0.15) is 90.0 Å². The van der Waals surface area contributed by atoms with Crippen molar-refractivity contribution in [3.05, 3.63) is 59.7 Å². The van der Waals surface area contributed by atoms with Crippen LogP contribution in [0.4, 0.5) is 0 Å². The molecule has 2 aromatic rings. The topological polar surface area (TPSA) is 750 Å². The number of aliphatic hydroxyl groups excluding tert-OH is 2. The molecule has 44 nitrogen and oxygen atoms in total. The zero-order valence-electron chi connectivity index (χ0n) is 77.9. The van der Waals surface area contributed by atoms with Crippen LogP contribution in [0.1, 0.15) is 204 Å². The van der Waals surface area contributed by atoms with Crippen molar-refractivity contribution < 1.29 is 102 Å². The smallest absolute Gasteiger partial charge is 0.328 e. The van der Waals surface area contributed by atoms with Gasteiger partial charge in [-0.25, -0.2) is 4.79 Å². The molecule has 0 saturated carbocycles. The van der Waals surface area contributed by atoms with Gasteiger partial charge >= 0.3 is 5.97 Å². The number of aliphatic carboxylic acids is 1. The number of carbonyl (C=O) groups is 16. The Balaban J connectivity index is 2.55. The summed E-state index contributed by atoms with van der Waals surface area (Å²) in [5, 5.41) is 87.2. The Hall–Kier alpha value is -12.1. The number of nitrogens with zero attached hydrogens (tertiary/aromatic N) is 2. The van der Waals surface area contributed by atoms with Crippen molar-refractivity contribution in [2.24, 2.45) is 85.6 Å². The van der Waals surface area contributed by atoms with Gasteiger partial charge < -0.3 is 140 Å². The van der Waals surface area contributed by atoms with Gasteiger partial charge in [-0.2, -0.15) is 0 Å². The van der Waals surface area contributed by atoms with Crippen molar-refractivity contribution in [1.29, 1.82) is 0 Å². The summed E-state index contributed by atoms with van der Waals surface area (Å²) in [6.07, 6.45) is -1.37. The lowest BCUT2D eigenvalue weighted by atomic mass is 9.94. The third-order valence-corrected chi connectivity index (χ3v) is 21.8. The molecule has 736 valence electrons. The molecule has 0 fully saturated rings. The summed E-state index contributed by atoms with van der Waals surface area (Å²) in [5.74, 6) is -18.9. The van der Waals surface area contributed by atoms with E-state index >= 15 is 0 Å². The standard InChI is InChI=1S/C87H147N23O21/c1-15-47(10)67(82(127)97-50(13)71(116)101-60(38-44(4)5)76(121)99-59(33-34-66(90)115)74(119)103-62(40-46(8)9)80(125)110-70(51(14)112)85(130)131)109-84(129)69(49(12)17-3)108-81(126)65(43-111)106-73(118)58(24-21-37-96-87(93)94)100-83(128)68(48(11)16-2)107-75(120)57(23-18-19-35-88)98-77(122)61(39-45(6)7)104-79(124)64(42-53-27-31-55(114)32-28-53)105-78(123)63(41-52-25-29-54(113)30-26-52)102-72(117)56(89)22-20-36-95-86(91)92/h25-32,44-51,56-65,67-70,111-114H,15-24,33-43,88-89H2,1-14H3,(H2,90,115)(H,97,127)(H,98,122)(H,99,121)(H,100,128)(H,101,116)(H,102,117)(H,103,119)(H,104,124)(H,105,123)(H,106,118)(H,107,120)(H,108,126)(H,109,129)(H,110,125)(H,130,131)(H4,91,92,95)(H4,93,94,96)/t47-,48-,49-,50-,51+,56-,57-,58-,59-,60-,61-,62-,63-,64-,65-,67-,68-,69-,70-/m0/s1. The molecule has 0 aliphatic carbocycles.